The third-order valence-corrected chi connectivity index (χ3v) is 3.60. The number of hydrogen-bond donors (Lipinski definition) is 0. The standard InChI is InChI=1S/C12H8F2N2S/c1-7-11(16-5-4-15-12(16)17-7)8-2-3-9(13)10(14)6-8/h2-6H,1H3. The van der Waals surface area contributed by atoms with Crippen molar-refractivity contribution in [3.8, 4) is 11.3 Å². The average molecular weight is 250 g/mol. The number of imidazole rings is 1. The van der Waals surface area contributed by atoms with Crippen molar-refractivity contribution in [1.29, 1.82) is 0 Å². The minimum absolute atomic E-state index is 0.658. The Morgan fingerprint density at radius 3 is 2.82 bits per heavy atom. The van der Waals surface area contributed by atoms with Gasteiger partial charge in [-0.15, -0.1) is 11.3 Å². The Hall–Kier alpha value is -1.75. The van der Waals surface area contributed by atoms with E-state index in [1.165, 1.54) is 17.4 Å². The molecule has 86 valence electrons. The Labute approximate surface area is 100 Å². The van der Waals surface area contributed by atoms with Crippen LogP contribution in [0.3, 0.4) is 0 Å². The molecule has 0 aliphatic carbocycles. The molecule has 0 amide bonds. The number of aryl methyl sites for hydroxylation is 1. The number of halogens is 2. The van der Waals surface area contributed by atoms with Crippen molar-refractivity contribution in [2.45, 2.75) is 6.92 Å². The molecule has 0 aliphatic rings. The van der Waals surface area contributed by atoms with E-state index in [4.69, 9.17) is 0 Å². The maximum atomic E-state index is 13.2. The van der Waals surface area contributed by atoms with Gasteiger partial charge in [0.15, 0.2) is 16.6 Å². The Kier molecular flexibility index (Phi) is 2.22. The van der Waals surface area contributed by atoms with E-state index in [9.17, 15) is 8.78 Å². The van der Waals surface area contributed by atoms with Crippen LogP contribution in [0, 0.1) is 18.6 Å². The molecule has 0 bridgehead atoms. The summed E-state index contributed by atoms with van der Waals surface area (Å²) in [6.07, 6.45) is 3.50. The first kappa shape index (κ1) is 10.4. The highest BCUT2D eigenvalue weighted by Gasteiger charge is 2.13. The largest absolute Gasteiger partial charge is 0.290 e. The monoisotopic (exact) mass is 250 g/mol. The fourth-order valence-electron chi connectivity index (χ4n) is 1.88. The van der Waals surface area contributed by atoms with E-state index in [2.05, 4.69) is 4.98 Å². The average Bonchev–Trinajstić information content (AvgIpc) is 2.82. The minimum Gasteiger partial charge on any atom is -0.290 e. The third-order valence-electron chi connectivity index (χ3n) is 2.62. The SMILES string of the molecule is Cc1sc2nccn2c1-c1ccc(F)c(F)c1. The molecule has 17 heavy (non-hydrogen) atoms. The Morgan fingerprint density at radius 2 is 2.06 bits per heavy atom. The van der Waals surface area contributed by atoms with Crippen LogP contribution in [0.5, 0.6) is 0 Å². The van der Waals surface area contributed by atoms with Crippen LogP contribution >= 0.6 is 11.3 Å². The lowest BCUT2D eigenvalue weighted by Crippen LogP contribution is -1.89. The van der Waals surface area contributed by atoms with E-state index in [0.29, 0.717) is 5.56 Å². The summed E-state index contributed by atoms with van der Waals surface area (Å²) in [5.41, 5.74) is 1.52. The molecule has 0 unspecified atom stereocenters. The molecule has 2 heterocycles. The highest BCUT2D eigenvalue weighted by atomic mass is 32.1. The molecule has 0 atom stereocenters. The first-order chi connectivity index (χ1) is 8.16. The molecule has 1 aromatic carbocycles. The first-order valence-corrected chi connectivity index (χ1v) is 5.86. The molecule has 2 aromatic heterocycles. The summed E-state index contributed by atoms with van der Waals surface area (Å²) >= 11 is 1.53. The Balaban J connectivity index is 2.29. The van der Waals surface area contributed by atoms with Crippen LogP contribution in [0.4, 0.5) is 8.78 Å². The van der Waals surface area contributed by atoms with Crippen LogP contribution in [-0.2, 0) is 0 Å². The van der Waals surface area contributed by atoms with Gasteiger partial charge in [-0.05, 0) is 25.1 Å². The molecule has 0 fully saturated rings. The number of nitrogens with zero attached hydrogens (tertiary/aromatic N) is 2. The lowest BCUT2D eigenvalue weighted by Gasteiger charge is -2.02. The smallest absolute Gasteiger partial charge is 0.194 e. The van der Waals surface area contributed by atoms with Gasteiger partial charge in [0.2, 0.25) is 0 Å². The van der Waals surface area contributed by atoms with Gasteiger partial charge in [0, 0.05) is 22.8 Å². The molecule has 0 N–H and O–H groups in total. The van der Waals surface area contributed by atoms with Crippen LogP contribution in [0.1, 0.15) is 4.88 Å². The highest BCUT2D eigenvalue weighted by Crippen LogP contribution is 2.31. The van der Waals surface area contributed by atoms with Crippen molar-refractivity contribution in [1.82, 2.24) is 9.38 Å². The van der Waals surface area contributed by atoms with E-state index in [-0.39, 0.29) is 0 Å². The fourth-order valence-corrected chi connectivity index (χ4v) is 2.83. The fraction of sp³-hybridized carbons (Fsp3) is 0.0833. The molecule has 0 saturated heterocycles. The summed E-state index contributed by atoms with van der Waals surface area (Å²) in [7, 11) is 0. The van der Waals surface area contributed by atoms with Crippen molar-refractivity contribution in [2.75, 3.05) is 0 Å². The second-order valence-electron chi connectivity index (χ2n) is 3.72. The molecule has 2 nitrogen and oxygen atoms in total. The third kappa shape index (κ3) is 1.54. The molecule has 5 heteroatoms. The lowest BCUT2D eigenvalue weighted by atomic mass is 10.1. The van der Waals surface area contributed by atoms with Gasteiger partial charge < -0.3 is 0 Å². The maximum absolute atomic E-state index is 13.2. The highest BCUT2D eigenvalue weighted by molar-refractivity contribution is 7.17. The van der Waals surface area contributed by atoms with Gasteiger partial charge >= 0.3 is 0 Å². The zero-order valence-electron chi connectivity index (χ0n) is 8.95. The van der Waals surface area contributed by atoms with Crippen molar-refractivity contribution in [2.24, 2.45) is 0 Å². The normalized spacial score (nSPS) is 11.2. The van der Waals surface area contributed by atoms with Crippen molar-refractivity contribution >= 4 is 16.3 Å². The van der Waals surface area contributed by atoms with Gasteiger partial charge in [-0.2, -0.15) is 0 Å². The quantitative estimate of drug-likeness (QED) is 0.644. The summed E-state index contributed by atoms with van der Waals surface area (Å²) < 4.78 is 28.0. The van der Waals surface area contributed by atoms with Crippen molar-refractivity contribution in [3.05, 3.63) is 47.1 Å². The predicted octanol–water partition coefficient (Wildman–Crippen LogP) is 3.65. The van der Waals surface area contributed by atoms with Gasteiger partial charge in [0.1, 0.15) is 0 Å². The summed E-state index contributed by atoms with van der Waals surface area (Å²) in [6, 6.07) is 3.93. The van der Waals surface area contributed by atoms with E-state index < -0.39 is 11.6 Å². The Morgan fingerprint density at radius 1 is 1.24 bits per heavy atom. The summed E-state index contributed by atoms with van der Waals surface area (Å²) in [4.78, 5) is 6.06. The van der Waals surface area contributed by atoms with Crippen LogP contribution in [0.2, 0.25) is 0 Å². The number of fused-ring (bicyclic) bond motifs is 1. The van der Waals surface area contributed by atoms with Gasteiger partial charge in [-0.1, -0.05) is 0 Å². The molecule has 3 aromatic rings. The number of thiazole rings is 1. The topological polar surface area (TPSA) is 17.3 Å². The molecular formula is C12H8F2N2S. The number of aromatic nitrogens is 2. The van der Waals surface area contributed by atoms with Gasteiger partial charge in [0.25, 0.3) is 0 Å². The number of rotatable bonds is 1. The predicted molar refractivity (Wildman–Crippen MR) is 63.2 cm³/mol. The maximum Gasteiger partial charge on any atom is 0.194 e. The van der Waals surface area contributed by atoms with E-state index in [1.54, 1.807) is 12.3 Å². The van der Waals surface area contributed by atoms with E-state index in [0.717, 1.165) is 21.6 Å². The summed E-state index contributed by atoms with van der Waals surface area (Å²) in [5, 5.41) is 0. The van der Waals surface area contributed by atoms with Crippen LogP contribution in [-0.4, -0.2) is 9.38 Å². The molecule has 3 rings (SSSR count). The van der Waals surface area contributed by atoms with Crippen LogP contribution in [0.15, 0.2) is 30.6 Å². The van der Waals surface area contributed by atoms with Gasteiger partial charge in [-0.3, -0.25) is 4.40 Å². The zero-order valence-corrected chi connectivity index (χ0v) is 9.76. The number of hydrogen-bond acceptors (Lipinski definition) is 2. The minimum atomic E-state index is -0.832. The zero-order chi connectivity index (χ0) is 12.0. The second-order valence-corrected chi connectivity index (χ2v) is 4.90. The first-order valence-electron chi connectivity index (χ1n) is 5.04. The van der Waals surface area contributed by atoms with Crippen LogP contribution in [0.25, 0.3) is 16.2 Å². The van der Waals surface area contributed by atoms with Crippen molar-refractivity contribution in [3.63, 3.8) is 0 Å². The summed E-state index contributed by atoms with van der Waals surface area (Å²) in [6.45, 7) is 1.94. The second kappa shape index (κ2) is 3.63. The Bertz CT molecular complexity index is 700. The van der Waals surface area contributed by atoms with Crippen LogP contribution < -0.4 is 0 Å². The van der Waals surface area contributed by atoms with E-state index >= 15 is 0 Å². The van der Waals surface area contributed by atoms with Gasteiger partial charge in [-0.25, -0.2) is 13.8 Å². The number of benzene rings is 1. The molecule has 0 aliphatic heterocycles. The lowest BCUT2D eigenvalue weighted by molar-refractivity contribution is 0.509. The van der Waals surface area contributed by atoms with Gasteiger partial charge in [0.05, 0.1) is 5.69 Å². The molecule has 0 saturated carbocycles. The van der Waals surface area contributed by atoms with Crippen molar-refractivity contribution < 1.29 is 8.78 Å². The molecule has 0 spiro atoms. The van der Waals surface area contributed by atoms with E-state index in [1.807, 2.05) is 17.5 Å². The molecule has 0 radical (unpaired) electrons. The summed E-state index contributed by atoms with van der Waals surface area (Å²) in [5.74, 6) is -1.66. The molecular weight excluding hydrogens is 242 g/mol.